The Morgan fingerprint density at radius 2 is 1.80 bits per heavy atom. The Kier molecular flexibility index (Phi) is 2.80. The van der Waals surface area contributed by atoms with Crippen LogP contribution in [0.2, 0.25) is 0 Å². The number of benzene rings is 2. The maximum atomic E-state index is 12.2. The number of hydrogen-bond acceptors (Lipinski definition) is 5. The Morgan fingerprint density at radius 1 is 1.05 bits per heavy atom. The lowest BCUT2D eigenvalue weighted by molar-refractivity contribution is 0.439. The summed E-state index contributed by atoms with van der Waals surface area (Å²) in [6, 6.07) is 11.1. The highest BCUT2D eigenvalue weighted by Crippen LogP contribution is 2.29. The number of aromatic hydroxyl groups is 2. The van der Waals surface area contributed by atoms with Gasteiger partial charge in [-0.1, -0.05) is 18.2 Å². The summed E-state index contributed by atoms with van der Waals surface area (Å²) in [4.78, 5) is 12.2. The third kappa shape index (κ3) is 2.05. The molecule has 0 spiro atoms. The average molecular weight is 270 g/mol. The monoisotopic (exact) mass is 270 g/mol. The zero-order chi connectivity index (χ0) is 14.1. The van der Waals surface area contributed by atoms with Crippen LogP contribution in [0, 0.1) is 0 Å². The van der Waals surface area contributed by atoms with Crippen molar-refractivity contribution in [2.75, 3.05) is 0 Å². The minimum Gasteiger partial charge on any atom is -0.508 e. The van der Waals surface area contributed by atoms with Gasteiger partial charge in [-0.3, -0.25) is 4.79 Å². The van der Waals surface area contributed by atoms with Crippen LogP contribution in [0.15, 0.2) is 57.9 Å². The van der Waals surface area contributed by atoms with E-state index < -0.39 is 5.43 Å². The van der Waals surface area contributed by atoms with Crippen LogP contribution in [0.3, 0.4) is 0 Å². The molecule has 1 heterocycles. The molecular formula is C15H10O5. The summed E-state index contributed by atoms with van der Waals surface area (Å²) in [6.45, 7) is 0. The molecule has 0 unspecified atom stereocenters. The molecule has 20 heavy (non-hydrogen) atoms. The maximum absolute atomic E-state index is 12.2. The first-order chi connectivity index (χ1) is 9.65. The minimum atomic E-state index is -0.507. The molecule has 0 radical (unpaired) electrons. The van der Waals surface area contributed by atoms with Gasteiger partial charge >= 0.3 is 0 Å². The predicted molar refractivity (Wildman–Crippen MR) is 72.3 cm³/mol. The van der Waals surface area contributed by atoms with Crippen LogP contribution in [0.4, 0.5) is 0 Å². The second kappa shape index (κ2) is 4.62. The molecular weight excluding hydrogens is 260 g/mol. The summed E-state index contributed by atoms with van der Waals surface area (Å²) >= 11 is 0. The van der Waals surface area contributed by atoms with Crippen molar-refractivity contribution in [2.24, 2.45) is 0 Å². The second-order valence-corrected chi connectivity index (χ2v) is 4.18. The van der Waals surface area contributed by atoms with Crippen molar-refractivity contribution < 1.29 is 19.4 Å². The van der Waals surface area contributed by atoms with E-state index in [9.17, 15) is 15.0 Å². The molecule has 2 aromatic carbocycles. The van der Waals surface area contributed by atoms with Gasteiger partial charge in [0.15, 0.2) is 0 Å². The van der Waals surface area contributed by atoms with E-state index in [1.807, 2.05) is 6.07 Å². The zero-order valence-electron chi connectivity index (χ0n) is 10.2. The number of rotatable bonds is 2. The van der Waals surface area contributed by atoms with Gasteiger partial charge < -0.3 is 19.4 Å². The largest absolute Gasteiger partial charge is 0.508 e. The van der Waals surface area contributed by atoms with Crippen LogP contribution < -0.4 is 10.2 Å². The first-order valence-corrected chi connectivity index (χ1v) is 5.85. The lowest BCUT2D eigenvalue weighted by atomic mass is 10.2. The summed E-state index contributed by atoms with van der Waals surface area (Å²) in [7, 11) is 0. The number of fused-ring (bicyclic) bond motifs is 1. The van der Waals surface area contributed by atoms with E-state index in [0.29, 0.717) is 5.75 Å². The molecule has 0 saturated heterocycles. The summed E-state index contributed by atoms with van der Waals surface area (Å²) in [5.74, 6) is -0.0933. The van der Waals surface area contributed by atoms with Gasteiger partial charge in [0.05, 0.1) is 0 Å². The van der Waals surface area contributed by atoms with Crippen LogP contribution in [0.5, 0.6) is 23.0 Å². The lowest BCUT2D eigenvalue weighted by Crippen LogP contribution is -2.05. The van der Waals surface area contributed by atoms with Crippen molar-refractivity contribution in [3.63, 3.8) is 0 Å². The summed E-state index contributed by atoms with van der Waals surface area (Å²) in [6.07, 6.45) is 1.15. The fourth-order valence-electron chi connectivity index (χ4n) is 1.89. The normalized spacial score (nSPS) is 10.6. The van der Waals surface area contributed by atoms with Crippen molar-refractivity contribution in [1.29, 1.82) is 0 Å². The Bertz CT molecular complexity index is 821. The topological polar surface area (TPSA) is 79.9 Å². The first kappa shape index (κ1) is 12.1. The Balaban J connectivity index is 2.15. The lowest BCUT2D eigenvalue weighted by Gasteiger charge is -2.06. The molecule has 0 atom stereocenters. The minimum absolute atomic E-state index is 0.0313. The van der Waals surface area contributed by atoms with Gasteiger partial charge in [0.1, 0.15) is 34.5 Å². The van der Waals surface area contributed by atoms with E-state index in [1.165, 1.54) is 6.07 Å². The van der Waals surface area contributed by atoms with Crippen molar-refractivity contribution in [3.05, 3.63) is 59.0 Å². The van der Waals surface area contributed by atoms with Gasteiger partial charge in [-0.05, 0) is 12.1 Å². The van der Waals surface area contributed by atoms with Gasteiger partial charge in [0.2, 0.25) is 11.2 Å². The summed E-state index contributed by atoms with van der Waals surface area (Å²) in [5, 5.41) is 19.1. The Labute approximate surface area is 113 Å². The smallest absolute Gasteiger partial charge is 0.238 e. The van der Waals surface area contributed by atoms with Gasteiger partial charge in [-0.15, -0.1) is 0 Å². The fraction of sp³-hybridized carbons (Fsp3) is 0. The number of phenols is 2. The first-order valence-electron chi connectivity index (χ1n) is 5.85. The van der Waals surface area contributed by atoms with Crippen LogP contribution in [-0.4, -0.2) is 10.2 Å². The molecule has 1 aromatic heterocycles. The van der Waals surface area contributed by atoms with Crippen molar-refractivity contribution in [3.8, 4) is 23.0 Å². The molecule has 0 aliphatic carbocycles. The van der Waals surface area contributed by atoms with E-state index >= 15 is 0 Å². The molecule has 0 fully saturated rings. The van der Waals surface area contributed by atoms with Crippen LogP contribution >= 0.6 is 0 Å². The average Bonchev–Trinajstić information content (AvgIpc) is 2.42. The van der Waals surface area contributed by atoms with E-state index in [1.54, 1.807) is 24.3 Å². The third-order valence-corrected chi connectivity index (χ3v) is 2.78. The molecule has 0 saturated carbocycles. The Hall–Kier alpha value is -2.95. The molecule has 0 amide bonds. The Morgan fingerprint density at radius 3 is 2.55 bits per heavy atom. The quantitative estimate of drug-likeness (QED) is 0.748. The van der Waals surface area contributed by atoms with Crippen LogP contribution in [0.25, 0.3) is 11.0 Å². The highest BCUT2D eigenvalue weighted by molar-refractivity contribution is 5.85. The van der Waals surface area contributed by atoms with Crippen LogP contribution in [-0.2, 0) is 0 Å². The van der Waals surface area contributed by atoms with E-state index in [2.05, 4.69) is 0 Å². The fourth-order valence-corrected chi connectivity index (χ4v) is 1.89. The summed E-state index contributed by atoms with van der Waals surface area (Å²) < 4.78 is 10.6. The molecule has 0 bridgehead atoms. The van der Waals surface area contributed by atoms with Crippen molar-refractivity contribution in [1.82, 2.24) is 0 Å². The maximum Gasteiger partial charge on any atom is 0.238 e. The molecule has 0 aliphatic heterocycles. The highest BCUT2D eigenvalue weighted by Gasteiger charge is 2.13. The zero-order valence-corrected chi connectivity index (χ0v) is 10.2. The number of para-hydroxylation sites is 1. The second-order valence-electron chi connectivity index (χ2n) is 4.18. The van der Waals surface area contributed by atoms with Crippen LogP contribution in [0.1, 0.15) is 0 Å². The number of ether oxygens (including phenoxy) is 1. The molecule has 2 N–H and O–H groups in total. The van der Waals surface area contributed by atoms with Crippen molar-refractivity contribution in [2.45, 2.75) is 0 Å². The van der Waals surface area contributed by atoms with E-state index in [-0.39, 0.29) is 28.2 Å². The standard InChI is InChI=1S/C15H10O5/c16-9-6-11(17)14-12(7-9)19-8-13(15(14)18)20-10-4-2-1-3-5-10/h1-8,16-17H. The predicted octanol–water partition coefficient (Wildman–Crippen LogP) is 3.00. The number of hydrogen-bond donors (Lipinski definition) is 2. The summed E-state index contributed by atoms with van der Waals surface area (Å²) in [5.41, 5.74) is -0.416. The van der Waals surface area contributed by atoms with Gasteiger partial charge in [-0.25, -0.2) is 0 Å². The van der Waals surface area contributed by atoms with Crippen molar-refractivity contribution >= 4 is 11.0 Å². The molecule has 3 aromatic rings. The number of phenolic OH excluding ortho intramolecular Hbond substituents is 2. The van der Waals surface area contributed by atoms with E-state index in [0.717, 1.165) is 12.3 Å². The molecule has 5 heteroatoms. The SMILES string of the molecule is O=c1c(Oc2ccccc2)coc2cc(O)cc(O)c12. The van der Waals surface area contributed by atoms with Gasteiger partial charge in [0, 0.05) is 12.1 Å². The molecule has 3 rings (SSSR count). The third-order valence-electron chi connectivity index (χ3n) is 2.78. The molecule has 100 valence electrons. The molecule has 0 aliphatic rings. The highest BCUT2D eigenvalue weighted by atomic mass is 16.5. The molecule has 5 nitrogen and oxygen atoms in total. The van der Waals surface area contributed by atoms with Gasteiger partial charge in [0.25, 0.3) is 0 Å². The van der Waals surface area contributed by atoms with Gasteiger partial charge in [-0.2, -0.15) is 0 Å². The van der Waals surface area contributed by atoms with E-state index in [4.69, 9.17) is 9.15 Å².